The fraction of sp³-hybridized carbons (Fsp3) is 0.200. The van der Waals surface area contributed by atoms with Gasteiger partial charge in [0.15, 0.2) is 5.16 Å². The van der Waals surface area contributed by atoms with Crippen molar-refractivity contribution in [3.05, 3.63) is 65.1 Å². The van der Waals surface area contributed by atoms with Gasteiger partial charge in [0.2, 0.25) is 5.91 Å². The first kappa shape index (κ1) is 19.6. The lowest BCUT2D eigenvalue weighted by Gasteiger charge is -2.07. The third-order valence-corrected chi connectivity index (χ3v) is 4.90. The summed E-state index contributed by atoms with van der Waals surface area (Å²) in [6.07, 6.45) is 3.51. The Morgan fingerprint density at radius 2 is 1.96 bits per heavy atom. The lowest BCUT2D eigenvalue weighted by atomic mass is 10.1. The third-order valence-electron chi connectivity index (χ3n) is 3.94. The van der Waals surface area contributed by atoms with E-state index in [0.717, 1.165) is 24.2 Å². The predicted octanol–water partition coefficient (Wildman–Crippen LogP) is 3.32. The van der Waals surface area contributed by atoms with E-state index in [9.17, 15) is 9.59 Å². The Hall–Kier alpha value is -3.13. The van der Waals surface area contributed by atoms with Gasteiger partial charge in [0.1, 0.15) is 5.82 Å². The molecule has 7 nitrogen and oxygen atoms in total. The topological polar surface area (TPSA) is 114 Å². The first-order valence-electron chi connectivity index (χ1n) is 8.92. The first-order valence-corrected chi connectivity index (χ1v) is 9.90. The molecule has 1 aromatic carbocycles. The molecule has 0 aliphatic carbocycles. The van der Waals surface area contributed by atoms with Crippen LogP contribution in [0.4, 0.5) is 11.5 Å². The number of nitrogens with two attached hydrogens (primary N) is 1. The van der Waals surface area contributed by atoms with Gasteiger partial charge >= 0.3 is 0 Å². The van der Waals surface area contributed by atoms with Gasteiger partial charge in [-0.25, -0.2) is 9.97 Å². The summed E-state index contributed by atoms with van der Waals surface area (Å²) in [7, 11) is 0. The highest BCUT2D eigenvalue weighted by molar-refractivity contribution is 7.99. The lowest BCUT2D eigenvalue weighted by Crippen LogP contribution is -2.13. The van der Waals surface area contributed by atoms with Crippen LogP contribution in [-0.4, -0.2) is 26.6 Å². The fourth-order valence-electron chi connectivity index (χ4n) is 2.55. The second-order valence-corrected chi connectivity index (χ2v) is 7.18. The van der Waals surface area contributed by atoms with E-state index in [2.05, 4.69) is 20.3 Å². The molecule has 2 aromatic heterocycles. The summed E-state index contributed by atoms with van der Waals surface area (Å²) in [5, 5.41) is 3.34. The molecular weight excluding hydrogens is 374 g/mol. The van der Waals surface area contributed by atoms with Crippen molar-refractivity contribution in [2.75, 3.05) is 16.8 Å². The van der Waals surface area contributed by atoms with Crippen LogP contribution < -0.4 is 16.6 Å². The largest absolute Gasteiger partial charge is 0.382 e. The van der Waals surface area contributed by atoms with Crippen LogP contribution in [0.3, 0.4) is 0 Å². The summed E-state index contributed by atoms with van der Waals surface area (Å²) in [6.45, 7) is 0. The molecule has 1 amide bonds. The van der Waals surface area contributed by atoms with Gasteiger partial charge in [-0.1, -0.05) is 42.1 Å². The number of carbonyl (C=O) groups excluding carboxylic acids is 1. The molecule has 0 spiro atoms. The zero-order valence-corrected chi connectivity index (χ0v) is 16.0. The van der Waals surface area contributed by atoms with Crippen LogP contribution in [0.2, 0.25) is 0 Å². The quantitative estimate of drug-likeness (QED) is 0.306. The minimum absolute atomic E-state index is 0.0951. The van der Waals surface area contributed by atoms with Gasteiger partial charge in [-0.15, -0.1) is 0 Å². The molecule has 0 radical (unpaired) electrons. The summed E-state index contributed by atoms with van der Waals surface area (Å²) in [4.78, 5) is 35.1. The molecule has 0 fully saturated rings. The van der Waals surface area contributed by atoms with Crippen LogP contribution in [0, 0.1) is 0 Å². The van der Waals surface area contributed by atoms with E-state index >= 15 is 0 Å². The van der Waals surface area contributed by atoms with E-state index in [4.69, 9.17) is 5.73 Å². The normalized spacial score (nSPS) is 10.6. The molecular formula is C20H21N5O2S. The lowest BCUT2D eigenvalue weighted by molar-refractivity contribution is -0.116. The Bertz CT molecular complexity index is 991. The van der Waals surface area contributed by atoms with E-state index in [1.165, 1.54) is 17.8 Å². The molecule has 8 heteroatoms. The average Bonchev–Trinajstić information content (AvgIpc) is 2.70. The SMILES string of the molecule is Nc1ncccc1NC(=O)CCCCSc1nc(-c2ccccc2)cc(=O)[nH]1. The number of anilines is 2. The number of hydrogen-bond acceptors (Lipinski definition) is 6. The van der Waals surface area contributed by atoms with E-state index in [1.54, 1.807) is 18.3 Å². The Balaban J connectivity index is 1.45. The van der Waals surface area contributed by atoms with E-state index in [0.29, 0.717) is 28.8 Å². The zero-order valence-electron chi connectivity index (χ0n) is 15.2. The van der Waals surface area contributed by atoms with Crippen molar-refractivity contribution in [3.8, 4) is 11.3 Å². The number of nitrogens with one attached hydrogen (secondary N) is 2. The molecule has 28 heavy (non-hydrogen) atoms. The highest BCUT2D eigenvalue weighted by Gasteiger charge is 2.07. The van der Waals surface area contributed by atoms with Crippen LogP contribution in [-0.2, 0) is 4.79 Å². The Morgan fingerprint density at radius 3 is 2.75 bits per heavy atom. The van der Waals surface area contributed by atoms with Crippen molar-refractivity contribution in [2.45, 2.75) is 24.4 Å². The molecule has 0 aliphatic rings. The van der Waals surface area contributed by atoms with Crippen molar-refractivity contribution in [1.82, 2.24) is 15.0 Å². The Kier molecular flexibility index (Phi) is 6.80. The molecule has 0 atom stereocenters. The minimum atomic E-state index is -0.176. The maximum Gasteiger partial charge on any atom is 0.252 e. The Labute approximate surface area is 166 Å². The van der Waals surface area contributed by atoms with Gasteiger partial charge in [-0.3, -0.25) is 9.59 Å². The number of aromatic amines is 1. The number of pyridine rings is 1. The number of thioether (sulfide) groups is 1. The molecule has 144 valence electrons. The maximum atomic E-state index is 12.0. The van der Waals surface area contributed by atoms with Crippen LogP contribution in [0.1, 0.15) is 19.3 Å². The number of H-pyrrole nitrogens is 1. The van der Waals surface area contributed by atoms with Gasteiger partial charge in [0, 0.05) is 30.0 Å². The third kappa shape index (κ3) is 5.68. The summed E-state index contributed by atoms with van der Waals surface area (Å²) in [5.41, 5.74) is 7.62. The van der Waals surface area contributed by atoms with E-state index in [1.807, 2.05) is 30.3 Å². The number of hydrogen-bond donors (Lipinski definition) is 3. The smallest absolute Gasteiger partial charge is 0.252 e. The molecule has 0 saturated carbocycles. The number of nitrogen functional groups attached to an aromatic ring is 1. The highest BCUT2D eigenvalue weighted by Crippen LogP contribution is 2.20. The first-order chi connectivity index (χ1) is 13.6. The van der Waals surface area contributed by atoms with Crippen LogP contribution in [0.25, 0.3) is 11.3 Å². The predicted molar refractivity (Wildman–Crippen MR) is 112 cm³/mol. The number of nitrogens with zero attached hydrogens (tertiary/aromatic N) is 2. The molecule has 0 unspecified atom stereocenters. The Morgan fingerprint density at radius 1 is 1.14 bits per heavy atom. The van der Waals surface area contributed by atoms with Crippen molar-refractivity contribution in [1.29, 1.82) is 0 Å². The summed E-state index contributed by atoms with van der Waals surface area (Å²) < 4.78 is 0. The number of rotatable bonds is 8. The van der Waals surface area contributed by atoms with Crippen molar-refractivity contribution in [2.24, 2.45) is 0 Å². The van der Waals surface area contributed by atoms with E-state index in [-0.39, 0.29) is 11.5 Å². The zero-order chi connectivity index (χ0) is 19.8. The molecule has 4 N–H and O–H groups in total. The average molecular weight is 395 g/mol. The van der Waals surface area contributed by atoms with Crippen molar-refractivity contribution >= 4 is 29.2 Å². The monoisotopic (exact) mass is 395 g/mol. The molecule has 3 aromatic rings. The van der Waals surface area contributed by atoms with Gasteiger partial charge in [-0.2, -0.15) is 0 Å². The number of carbonyl (C=O) groups is 1. The van der Waals surface area contributed by atoms with Crippen molar-refractivity contribution in [3.63, 3.8) is 0 Å². The fourth-order valence-corrected chi connectivity index (χ4v) is 3.43. The summed E-state index contributed by atoms with van der Waals surface area (Å²) in [6, 6.07) is 14.5. The van der Waals surface area contributed by atoms with Gasteiger partial charge in [0.05, 0.1) is 11.4 Å². The van der Waals surface area contributed by atoms with Gasteiger partial charge in [0.25, 0.3) is 5.56 Å². The second-order valence-electron chi connectivity index (χ2n) is 6.09. The molecule has 0 saturated heterocycles. The number of aromatic nitrogens is 3. The van der Waals surface area contributed by atoms with E-state index < -0.39 is 0 Å². The number of benzene rings is 1. The van der Waals surface area contributed by atoms with Crippen molar-refractivity contribution < 1.29 is 4.79 Å². The molecule has 0 bridgehead atoms. The molecule has 0 aliphatic heterocycles. The van der Waals surface area contributed by atoms with Gasteiger partial charge < -0.3 is 16.0 Å². The maximum absolute atomic E-state index is 12.0. The number of unbranched alkanes of at least 4 members (excludes halogenated alkanes) is 1. The summed E-state index contributed by atoms with van der Waals surface area (Å²) in [5.74, 6) is 0.964. The molecule has 2 heterocycles. The number of amides is 1. The van der Waals surface area contributed by atoms with Crippen LogP contribution in [0.15, 0.2) is 64.7 Å². The second kappa shape index (κ2) is 9.70. The minimum Gasteiger partial charge on any atom is -0.382 e. The highest BCUT2D eigenvalue weighted by atomic mass is 32.2. The standard InChI is InChI=1S/C20H21N5O2S/c21-19-15(9-6-11-22-19)23-17(26)10-4-5-12-28-20-24-16(13-18(27)25-20)14-7-2-1-3-8-14/h1-3,6-9,11,13H,4-5,10,12H2,(H2,21,22)(H,23,26)(H,24,25,27). The van der Waals surface area contributed by atoms with Crippen LogP contribution in [0.5, 0.6) is 0 Å². The molecule has 3 rings (SSSR count). The summed E-state index contributed by atoms with van der Waals surface area (Å²) >= 11 is 1.47. The van der Waals surface area contributed by atoms with Crippen LogP contribution >= 0.6 is 11.8 Å². The van der Waals surface area contributed by atoms with Gasteiger partial charge in [-0.05, 0) is 25.0 Å².